The monoisotopic (exact) mass is 738 g/mol. The minimum Gasteiger partial charge on any atom is -0.388 e. The first kappa shape index (κ1) is 37.4. The Morgan fingerprint density at radius 1 is 0.591 bits per heavy atom. The topological polar surface area (TPSA) is 157 Å². The zero-order valence-corrected chi connectivity index (χ0v) is 28.7. The molecule has 0 radical (unpaired) electrons. The molecule has 4 unspecified atom stereocenters. The van der Waals surface area contributed by atoms with Gasteiger partial charge in [-0.1, -0.05) is 120 Å². The number of aliphatic hydroxyl groups excluding tert-OH is 2. The lowest BCUT2D eigenvalue weighted by Gasteiger charge is -2.35. The Hall–Kier alpha value is -2.80. The Morgan fingerprint density at radius 2 is 0.909 bits per heavy atom. The molecular weight excluding hydrogens is 696 g/mol. The van der Waals surface area contributed by atoms with E-state index in [0.717, 1.165) is 11.1 Å². The molecule has 0 aliphatic rings. The van der Waals surface area contributed by atoms with E-state index in [9.17, 15) is 29.4 Å². The summed E-state index contributed by atoms with van der Waals surface area (Å²) in [4.78, 5) is 51.1. The number of benzene rings is 2. The van der Waals surface area contributed by atoms with Crippen molar-refractivity contribution in [2.45, 2.75) is 76.9 Å². The van der Waals surface area contributed by atoms with Crippen molar-refractivity contribution in [3.63, 3.8) is 0 Å². The molecule has 242 valence electrons. The highest BCUT2D eigenvalue weighted by atomic mass is 79.9. The maximum absolute atomic E-state index is 13.5. The van der Waals surface area contributed by atoms with Crippen LogP contribution in [0.3, 0.4) is 0 Å². The Kier molecular flexibility index (Phi) is 16.0. The van der Waals surface area contributed by atoms with E-state index in [1.807, 2.05) is 60.7 Å². The summed E-state index contributed by atoms with van der Waals surface area (Å²) in [5.74, 6) is -2.27. The lowest BCUT2D eigenvalue weighted by molar-refractivity contribution is -0.132. The molecule has 2 rings (SSSR count). The van der Waals surface area contributed by atoms with Crippen molar-refractivity contribution in [3.8, 4) is 0 Å². The number of hydrogen-bond donors (Lipinski definition) is 6. The van der Waals surface area contributed by atoms with Gasteiger partial charge in [-0.25, -0.2) is 0 Å². The van der Waals surface area contributed by atoms with Gasteiger partial charge in [-0.15, -0.1) is 0 Å². The molecular formula is C32H44Br2N4O6. The van der Waals surface area contributed by atoms with E-state index < -0.39 is 48.2 Å². The zero-order valence-electron chi connectivity index (χ0n) is 25.5. The molecule has 0 spiro atoms. The van der Waals surface area contributed by atoms with Crippen LogP contribution in [0.2, 0.25) is 0 Å². The molecule has 0 saturated carbocycles. The smallest absolute Gasteiger partial charge is 0.243 e. The van der Waals surface area contributed by atoms with Crippen LogP contribution < -0.4 is 21.3 Å². The van der Waals surface area contributed by atoms with Crippen LogP contribution in [0, 0.1) is 11.8 Å². The fraction of sp³-hybridized carbons (Fsp3) is 0.500. The molecule has 0 heterocycles. The first-order valence-corrected chi connectivity index (χ1v) is 16.9. The van der Waals surface area contributed by atoms with E-state index >= 15 is 0 Å². The molecule has 2 aromatic carbocycles. The molecule has 44 heavy (non-hydrogen) atoms. The van der Waals surface area contributed by atoms with E-state index in [1.54, 1.807) is 27.7 Å². The van der Waals surface area contributed by atoms with E-state index in [1.165, 1.54) is 0 Å². The summed E-state index contributed by atoms with van der Waals surface area (Å²) >= 11 is 6.20. The van der Waals surface area contributed by atoms with Gasteiger partial charge in [0, 0.05) is 0 Å². The van der Waals surface area contributed by atoms with Gasteiger partial charge in [0.2, 0.25) is 23.6 Å². The molecule has 12 heteroatoms. The number of aliphatic hydroxyl groups is 2. The van der Waals surface area contributed by atoms with E-state index in [4.69, 9.17) is 0 Å². The number of hydrogen-bond acceptors (Lipinski definition) is 6. The molecule has 0 aliphatic heterocycles. The summed E-state index contributed by atoms with van der Waals surface area (Å²) in [5.41, 5.74) is 1.60. The molecule has 6 N–H and O–H groups in total. The number of halogens is 2. The highest BCUT2D eigenvalue weighted by Gasteiger charge is 2.37. The lowest BCUT2D eigenvalue weighted by Crippen LogP contribution is -2.61. The van der Waals surface area contributed by atoms with Crippen molar-refractivity contribution in [1.29, 1.82) is 0 Å². The van der Waals surface area contributed by atoms with Crippen LogP contribution in [0.5, 0.6) is 0 Å². The Morgan fingerprint density at radius 3 is 1.18 bits per heavy atom. The van der Waals surface area contributed by atoms with Gasteiger partial charge in [0.15, 0.2) is 0 Å². The van der Waals surface area contributed by atoms with Crippen LogP contribution in [-0.4, -0.2) is 80.9 Å². The highest BCUT2D eigenvalue weighted by Crippen LogP contribution is 2.17. The minimum atomic E-state index is -1.53. The van der Waals surface area contributed by atoms with Crippen LogP contribution in [0.1, 0.15) is 38.8 Å². The number of rotatable bonds is 17. The van der Waals surface area contributed by atoms with Crippen molar-refractivity contribution < 1.29 is 29.4 Å². The van der Waals surface area contributed by atoms with Crippen molar-refractivity contribution >= 4 is 55.5 Å². The normalized spacial score (nSPS) is 15.4. The third kappa shape index (κ3) is 11.9. The standard InChI is InChI=1S/C32H44Br2N4O6/c1-19(2)27(37-25(39)17-33)31(43)35-23(15-21-11-7-5-8-12-21)29(41)30(42)24(16-22-13-9-6-10-14-22)36-32(44)28(20(3)4)38-26(40)18-34/h5-14,19-20,23-24,27-30,41-42H,15-18H2,1-4H3,(H,35,43)(H,36,44)(H,37,39)(H,38,40)/t23?,24?,27-,28-,29?,30?/m0/s1. The van der Waals surface area contributed by atoms with Gasteiger partial charge in [0.05, 0.1) is 22.7 Å². The average Bonchev–Trinajstić information content (AvgIpc) is 3.01. The molecule has 6 atom stereocenters. The molecule has 10 nitrogen and oxygen atoms in total. The number of amides is 4. The summed E-state index contributed by atoms with van der Waals surface area (Å²) in [6.45, 7) is 7.17. The van der Waals surface area contributed by atoms with Crippen molar-refractivity contribution in [2.24, 2.45) is 11.8 Å². The van der Waals surface area contributed by atoms with E-state index in [0.29, 0.717) is 0 Å². The largest absolute Gasteiger partial charge is 0.388 e. The maximum Gasteiger partial charge on any atom is 0.243 e. The SMILES string of the molecule is CC(C)[C@H](NC(=O)CBr)C(=O)NC(Cc1ccccc1)C(O)C(O)C(Cc1ccccc1)NC(=O)[C@@H](NC(=O)CBr)C(C)C. The van der Waals surface area contributed by atoms with Gasteiger partial charge in [0.1, 0.15) is 24.3 Å². The fourth-order valence-corrected chi connectivity index (χ4v) is 5.09. The van der Waals surface area contributed by atoms with Gasteiger partial charge in [-0.3, -0.25) is 19.2 Å². The second-order valence-electron chi connectivity index (χ2n) is 11.4. The molecule has 0 aliphatic carbocycles. The Bertz CT molecular complexity index is 1110. The second-order valence-corrected chi connectivity index (χ2v) is 12.6. The number of carbonyl (C=O) groups excluding carboxylic acids is 4. The van der Waals surface area contributed by atoms with Gasteiger partial charge in [0.25, 0.3) is 0 Å². The predicted molar refractivity (Wildman–Crippen MR) is 177 cm³/mol. The van der Waals surface area contributed by atoms with Crippen molar-refractivity contribution in [2.75, 3.05) is 10.7 Å². The molecule has 0 fully saturated rings. The van der Waals surface area contributed by atoms with E-state index in [2.05, 4.69) is 53.1 Å². The van der Waals surface area contributed by atoms with Crippen molar-refractivity contribution in [1.82, 2.24) is 21.3 Å². The van der Waals surface area contributed by atoms with Crippen LogP contribution in [-0.2, 0) is 32.0 Å². The second kappa shape index (κ2) is 18.9. The van der Waals surface area contributed by atoms with E-state index in [-0.39, 0.29) is 47.2 Å². The lowest BCUT2D eigenvalue weighted by atomic mass is 9.90. The van der Waals surface area contributed by atoms with Crippen LogP contribution in [0.15, 0.2) is 60.7 Å². The average molecular weight is 741 g/mol. The van der Waals surface area contributed by atoms with Crippen molar-refractivity contribution in [3.05, 3.63) is 71.8 Å². The zero-order chi connectivity index (χ0) is 32.8. The third-order valence-electron chi connectivity index (χ3n) is 7.20. The number of nitrogens with one attached hydrogen (secondary N) is 4. The van der Waals surface area contributed by atoms with Crippen LogP contribution in [0.4, 0.5) is 0 Å². The first-order valence-electron chi connectivity index (χ1n) is 14.6. The van der Waals surface area contributed by atoms with Gasteiger partial charge in [-0.2, -0.15) is 0 Å². The molecule has 2 aromatic rings. The Labute approximate surface area is 276 Å². The third-order valence-corrected chi connectivity index (χ3v) is 8.22. The fourth-order valence-electron chi connectivity index (χ4n) is 4.77. The molecule has 0 aromatic heterocycles. The highest BCUT2D eigenvalue weighted by molar-refractivity contribution is 9.09. The van der Waals surface area contributed by atoms with Crippen LogP contribution >= 0.6 is 31.9 Å². The Balaban J connectivity index is 2.42. The quantitative estimate of drug-likeness (QED) is 0.137. The van der Waals surface area contributed by atoms with Gasteiger partial charge in [-0.05, 0) is 35.8 Å². The summed E-state index contributed by atoms with van der Waals surface area (Å²) in [7, 11) is 0. The van der Waals surface area contributed by atoms with Gasteiger partial charge < -0.3 is 31.5 Å². The number of alkyl halides is 2. The summed E-state index contributed by atoms with van der Waals surface area (Å²) < 4.78 is 0. The van der Waals surface area contributed by atoms with Crippen LogP contribution in [0.25, 0.3) is 0 Å². The summed E-state index contributed by atoms with van der Waals surface area (Å²) in [6, 6.07) is 14.6. The number of carbonyl (C=O) groups is 4. The maximum atomic E-state index is 13.5. The summed E-state index contributed by atoms with van der Waals surface area (Å²) in [6.07, 6.45) is -2.71. The minimum absolute atomic E-state index is 0.0204. The first-order chi connectivity index (χ1) is 20.9. The molecule has 0 saturated heterocycles. The predicted octanol–water partition coefficient (Wildman–Crippen LogP) is 2.23. The molecule has 0 bridgehead atoms. The molecule has 4 amide bonds. The van der Waals surface area contributed by atoms with Gasteiger partial charge >= 0.3 is 0 Å². The summed E-state index contributed by atoms with van der Waals surface area (Å²) in [5, 5.41) is 34.4.